The second-order valence-electron chi connectivity index (χ2n) is 6.22. The van der Waals surface area contributed by atoms with E-state index in [9.17, 15) is 5.11 Å². The van der Waals surface area contributed by atoms with Crippen molar-refractivity contribution in [2.45, 2.75) is 68.3 Å². The summed E-state index contributed by atoms with van der Waals surface area (Å²) in [6, 6.07) is 0.519. The summed E-state index contributed by atoms with van der Waals surface area (Å²) in [4.78, 5) is 4.30. The van der Waals surface area contributed by atoms with Gasteiger partial charge in [0.2, 0.25) is 0 Å². The van der Waals surface area contributed by atoms with Crippen LogP contribution in [-0.2, 0) is 0 Å². The minimum Gasteiger partial charge on any atom is -0.388 e. The molecule has 2 aliphatic rings. The number of aliphatic hydroxyl groups is 1. The quantitative estimate of drug-likeness (QED) is 0.367. The topological polar surface area (TPSA) is 56.7 Å². The van der Waals surface area contributed by atoms with Gasteiger partial charge in [-0.05, 0) is 38.4 Å². The number of nitrogens with zero attached hydrogens (tertiary/aromatic N) is 1. The van der Waals surface area contributed by atoms with E-state index in [4.69, 9.17) is 0 Å². The summed E-state index contributed by atoms with van der Waals surface area (Å²) in [6.45, 7) is 0.616. The first-order valence-electron chi connectivity index (χ1n) is 7.87. The molecule has 4 nitrogen and oxygen atoms in total. The maximum absolute atomic E-state index is 10.4. The van der Waals surface area contributed by atoms with E-state index in [0.717, 1.165) is 36.9 Å². The minimum absolute atomic E-state index is 0. The second-order valence-corrected chi connectivity index (χ2v) is 7.36. The zero-order chi connectivity index (χ0) is 14.4. The van der Waals surface area contributed by atoms with Crippen LogP contribution in [-0.4, -0.2) is 47.8 Å². The number of hydrogen-bond donors (Lipinski definition) is 3. The zero-order valence-electron chi connectivity index (χ0n) is 13.2. The lowest BCUT2D eigenvalue weighted by molar-refractivity contribution is 0.0521. The van der Waals surface area contributed by atoms with Gasteiger partial charge in [-0.15, -0.1) is 24.0 Å². The summed E-state index contributed by atoms with van der Waals surface area (Å²) < 4.78 is 0. The van der Waals surface area contributed by atoms with E-state index in [1.54, 1.807) is 0 Å². The molecule has 2 aliphatic carbocycles. The molecule has 2 rings (SSSR count). The Bertz CT molecular complexity index is 335. The van der Waals surface area contributed by atoms with Gasteiger partial charge in [-0.3, -0.25) is 4.99 Å². The summed E-state index contributed by atoms with van der Waals surface area (Å²) in [6.07, 6.45) is 11.4. The first-order valence-corrected chi connectivity index (χ1v) is 9.16. The molecule has 0 aromatic heterocycles. The van der Waals surface area contributed by atoms with Crippen LogP contribution in [0.25, 0.3) is 0 Å². The molecule has 2 saturated carbocycles. The van der Waals surface area contributed by atoms with Crippen LogP contribution < -0.4 is 10.6 Å². The van der Waals surface area contributed by atoms with Crippen LogP contribution in [0.15, 0.2) is 4.99 Å². The van der Waals surface area contributed by atoms with E-state index in [1.165, 1.54) is 25.7 Å². The molecule has 2 unspecified atom stereocenters. The lowest BCUT2D eigenvalue weighted by Crippen LogP contribution is -2.49. The van der Waals surface area contributed by atoms with Crippen molar-refractivity contribution in [3.05, 3.63) is 0 Å². The number of thioether (sulfide) groups is 1. The molecule has 2 fully saturated rings. The number of aliphatic imine (C=N–C) groups is 1. The highest BCUT2D eigenvalue weighted by Gasteiger charge is 2.31. The van der Waals surface area contributed by atoms with Gasteiger partial charge in [0.1, 0.15) is 0 Å². The lowest BCUT2D eigenvalue weighted by Gasteiger charge is -2.31. The van der Waals surface area contributed by atoms with Crippen LogP contribution in [0.4, 0.5) is 0 Å². The molecule has 6 heteroatoms. The van der Waals surface area contributed by atoms with Gasteiger partial charge in [0.15, 0.2) is 5.96 Å². The fourth-order valence-electron chi connectivity index (χ4n) is 3.34. The second kappa shape index (κ2) is 9.45. The Balaban J connectivity index is 0.00000220. The minimum atomic E-state index is -0.522. The van der Waals surface area contributed by atoms with Crippen molar-refractivity contribution >= 4 is 41.7 Å². The third kappa shape index (κ3) is 6.14. The average Bonchev–Trinajstić information content (AvgIpc) is 2.91. The van der Waals surface area contributed by atoms with E-state index < -0.39 is 5.60 Å². The Hall–Kier alpha value is 0.310. The smallest absolute Gasteiger partial charge is 0.191 e. The molecule has 0 aliphatic heterocycles. The van der Waals surface area contributed by atoms with E-state index >= 15 is 0 Å². The summed E-state index contributed by atoms with van der Waals surface area (Å²) in [5.41, 5.74) is -0.522. The van der Waals surface area contributed by atoms with E-state index in [0.29, 0.717) is 12.6 Å². The van der Waals surface area contributed by atoms with Crippen LogP contribution in [0, 0.1) is 0 Å². The fraction of sp³-hybridized carbons (Fsp3) is 0.933. The Morgan fingerprint density at radius 2 is 2.00 bits per heavy atom. The number of guanidine groups is 1. The number of halogens is 1. The maximum Gasteiger partial charge on any atom is 0.191 e. The van der Waals surface area contributed by atoms with Gasteiger partial charge in [0.25, 0.3) is 0 Å². The highest BCUT2D eigenvalue weighted by Crippen LogP contribution is 2.29. The molecular weight excluding hydrogens is 397 g/mol. The van der Waals surface area contributed by atoms with Crippen LogP contribution in [0.5, 0.6) is 0 Å². The van der Waals surface area contributed by atoms with Crippen LogP contribution in [0.1, 0.15) is 51.4 Å². The predicted octanol–water partition coefficient (Wildman–Crippen LogP) is 2.75. The molecule has 0 aromatic carbocycles. The molecule has 0 heterocycles. The summed E-state index contributed by atoms with van der Waals surface area (Å²) in [5.74, 6) is 0.845. The van der Waals surface area contributed by atoms with Gasteiger partial charge in [-0.25, -0.2) is 0 Å². The molecule has 0 bridgehead atoms. The molecule has 0 aromatic rings. The number of rotatable bonds is 4. The van der Waals surface area contributed by atoms with Crippen LogP contribution in [0.3, 0.4) is 0 Å². The standard InChI is InChI=1S/C15H29N3OS.HI/c1-16-14(17-11-15(19)8-3-4-9-15)18-12-6-5-7-13(10-12)20-2;/h12-13,19H,3-11H2,1-2H3,(H2,16,17,18);1H. The van der Waals surface area contributed by atoms with Gasteiger partial charge >= 0.3 is 0 Å². The molecule has 21 heavy (non-hydrogen) atoms. The number of hydrogen-bond acceptors (Lipinski definition) is 3. The molecule has 124 valence electrons. The molecule has 3 N–H and O–H groups in total. The van der Waals surface area contributed by atoms with Gasteiger partial charge in [0.05, 0.1) is 5.60 Å². The Kier molecular flexibility index (Phi) is 8.71. The van der Waals surface area contributed by atoms with Gasteiger partial charge in [0, 0.05) is 24.9 Å². The van der Waals surface area contributed by atoms with Crippen molar-refractivity contribution < 1.29 is 5.11 Å². The first kappa shape index (κ1) is 19.4. The van der Waals surface area contributed by atoms with E-state index in [1.807, 2.05) is 18.8 Å². The molecular formula is C15H30IN3OS. The first-order chi connectivity index (χ1) is 9.65. The van der Waals surface area contributed by atoms with Crippen LogP contribution >= 0.6 is 35.7 Å². The summed E-state index contributed by atoms with van der Waals surface area (Å²) >= 11 is 1.98. The lowest BCUT2D eigenvalue weighted by atomic mass is 9.95. The van der Waals surface area contributed by atoms with Crippen molar-refractivity contribution in [3.8, 4) is 0 Å². The zero-order valence-corrected chi connectivity index (χ0v) is 16.4. The van der Waals surface area contributed by atoms with Crippen molar-refractivity contribution in [1.82, 2.24) is 10.6 Å². The van der Waals surface area contributed by atoms with Crippen molar-refractivity contribution in [3.63, 3.8) is 0 Å². The Morgan fingerprint density at radius 1 is 1.29 bits per heavy atom. The molecule has 0 amide bonds. The normalized spacial score (nSPS) is 28.8. The molecule has 0 saturated heterocycles. The Labute approximate surface area is 150 Å². The van der Waals surface area contributed by atoms with Crippen molar-refractivity contribution in [2.75, 3.05) is 19.8 Å². The average molecular weight is 427 g/mol. The third-order valence-electron chi connectivity index (χ3n) is 4.64. The SMILES string of the molecule is CN=C(NCC1(O)CCCC1)NC1CCCC(SC)C1.I. The number of nitrogens with one attached hydrogen (secondary N) is 2. The Morgan fingerprint density at radius 3 is 2.62 bits per heavy atom. The summed E-state index contributed by atoms with van der Waals surface area (Å²) in [5, 5.41) is 18.0. The fourth-order valence-corrected chi connectivity index (χ4v) is 4.16. The predicted molar refractivity (Wildman–Crippen MR) is 103 cm³/mol. The van der Waals surface area contributed by atoms with Crippen molar-refractivity contribution in [1.29, 1.82) is 0 Å². The van der Waals surface area contributed by atoms with Crippen molar-refractivity contribution in [2.24, 2.45) is 4.99 Å². The van der Waals surface area contributed by atoms with Gasteiger partial charge in [-0.1, -0.05) is 19.3 Å². The highest BCUT2D eigenvalue weighted by atomic mass is 127. The van der Waals surface area contributed by atoms with Crippen LogP contribution in [0.2, 0.25) is 0 Å². The van der Waals surface area contributed by atoms with Gasteiger partial charge < -0.3 is 15.7 Å². The molecule has 2 atom stereocenters. The maximum atomic E-state index is 10.4. The van der Waals surface area contributed by atoms with Gasteiger partial charge in [-0.2, -0.15) is 11.8 Å². The molecule has 0 radical (unpaired) electrons. The third-order valence-corrected chi connectivity index (χ3v) is 5.74. The molecule has 0 spiro atoms. The highest BCUT2D eigenvalue weighted by molar-refractivity contribution is 14.0. The monoisotopic (exact) mass is 427 g/mol. The summed E-state index contributed by atoms with van der Waals surface area (Å²) in [7, 11) is 1.81. The van der Waals surface area contributed by atoms with E-state index in [2.05, 4.69) is 21.9 Å². The van der Waals surface area contributed by atoms with E-state index in [-0.39, 0.29) is 24.0 Å². The largest absolute Gasteiger partial charge is 0.388 e.